The highest BCUT2D eigenvalue weighted by Crippen LogP contribution is 2.24. The Morgan fingerprint density at radius 3 is 2.39 bits per heavy atom. The summed E-state index contributed by atoms with van der Waals surface area (Å²) in [5, 5.41) is 0. The van der Waals surface area contributed by atoms with Gasteiger partial charge >= 0.3 is 12.3 Å². The van der Waals surface area contributed by atoms with Gasteiger partial charge in [0, 0.05) is 26.2 Å². The van der Waals surface area contributed by atoms with Gasteiger partial charge < -0.3 is 4.90 Å². The van der Waals surface area contributed by atoms with Crippen LogP contribution in [0.25, 0.3) is 0 Å². The van der Waals surface area contributed by atoms with Crippen molar-refractivity contribution in [3.05, 3.63) is 35.1 Å². The molecular formula is C15H17F5N2O. The standard InChI is InChI=1S/C15H17F5N2O/c1-10-2-3-12(16)11(8-10)13(23)22-6-4-21(5-7-22)9-15(19,20)14(17)18/h2-3,8,14H,4-7,9H2,1H3. The highest BCUT2D eigenvalue weighted by atomic mass is 19.3. The fraction of sp³-hybridized carbons (Fsp3) is 0.533. The number of alkyl halides is 4. The summed E-state index contributed by atoms with van der Waals surface area (Å²) in [7, 11) is 0. The highest BCUT2D eigenvalue weighted by Gasteiger charge is 2.42. The molecule has 0 spiro atoms. The molecule has 8 heteroatoms. The zero-order chi connectivity index (χ0) is 17.2. The quantitative estimate of drug-likeness (QED) is 0.790. The van der Waals surface area contributed by atoms with E-state index in [1.807, 2.05) is 0 Å². The van der Waals surface area contributed by atoms with Crippen molar-refractivity contribution in [1.29, 1.82) is 0 Å². The molecule has 1 heterocycles. The van der Waals surface area contributed by atoms with Crippen LogP contribution in [0.3, 0.4) is 0 Å². The van der Waals surface area contributed by atoms with Gasteiger partial charge in [-0.05, 0) is 19.1 Å². The van der Waals surface area contributed by atoms with Gasteiger partial charge in [0.05, 0.1) is 12.1 Å². The molecule has 128 valence electrons. The minimum absolute atomic E-state index is 0.0431. The molecule has 1 aromatic rings. The number of benzene rings is 1. The van der Waals surface area contributed by atoms with Gasteiger partial charge in [0.1, 0.15) is 5.82 Å². The first-order chi connectivity index (χ1) is 10.7. The molecule has 0 atom stereocenters. The molecule has 1 aliphatic heterocycles. The van der Waals surface area contributed by atoms with Crippen LogP contribution in [-0.2, 0) is 0 Å². The second-order valence-electron chi connectivity index (χ2n) is 5.61. The van der Waals surface area contributed by atoms with E-state index in [1.54, 1.807) is 6.92 Å². The minimum Gasteiger partial charge on any atom is -0.336 e. The van der Waals surface area contributed by atoms with Gasteiger partial charge in [0.15, 0.2) is 0 Å². The number of halogens is 5. The maximum atomic E-state index is 13.7. The monoisotopic (exact) mass is 336 g/mol. The number of carbonyl (C=O) groups excluding carboxylic acids is 1. The Kier molecular flexibility index (Phi) is 5.23. The van der Waals surface area contributed by atoms with Crippen molar-refractivity contribution < 1.29 is 26.7 Å². The fourth-order valence-corrected chi connectivity index (χ4v) is 2.45. The molecule has 1 fully saturated rings. The van der Waals surface area contributed by atoms with Gasteiger partial charge in [-0.2, -0.15) is 8.78 Å². The molecule has 2 rings (SSSR count). The molecule has 1 amide bonds. The van der Waals surface area contributed by atoms with Gasteiger partial charge in [-0.3, -0.25) is 9.69 Å². The first-order valence-corrected chi connectivity index (χ1v) is 7.14. The van der Waals surface area contributed by atoms with E-state index >= 15 is 0 Å². The Morgan fingerprint density at radius 2 is 1.83 bits per heavy atom. The van der Waals surface area contributed by atoms with Crippen LogP contribution >= 0.6 is 0 Å². The van der Waals surface area contributed by atoms with Crippen molar-refractivity contribution in [2.24, 2.45) is 0 Å². The molecule has 0 saturated carbocycles. The molecule has 0 aromatic heterocycles. The van der Waals surface area contributed by atoms with E-state index in [1.165, 1.54) is 28.0 Å². The van der Waals surface area contributed by atoms with Crippen molar-refractivity contribution >= 4 is 5.91 Å². The molecule has 0 N–H and O–H groups in total. The molecule has 1 aromatic carbocycles. The van der Waals surface area contributed by atoms with Crippen LogP contribution < -0.4 is 0 Å². The van der Waals surface area contributed by atoms with Crippen LogP contribution in [0.2, 0.25) is 0 Å². The molecule has 0 bridgehead atoms. The number of carbonyl (C=O) groups is 1. The summed E-state index contributed by atoms with van der Waals surface area (Å²) < 4.78 is 64.2. The third-order valence-corrected chi connectivity index (χ3v) is 3.77. The molecule has 0 unspecified atom stereocenters. The van der Waals surface area contributed by atoms with Crippen LogP contribution in [0.4, 0.5) is 22.0 Å². The molecular weight excluding hydrogens is 319 g/mol. The fourth-order valence-electron chi connectivity index (χ4n) is 2.45. The van der Waals surface area contributed by atoms with Crippen molar-refractivity contribution in [3.8, 4) is 0 Å². The highest BCUT2D eigenvalue weighted by molar-refractivity contribution is 5.94. The zero-order valence-corrected chi connectivity index (χ0v) is 12.5. The van der Waals surface area contributed by atoms with E-state index in [4.69, 9.17) is 0 Å². The Bertz CT molecular complexity index is 571. The largest absolute Gasteiger partial charge is 0.336 e. The number of hydrogen-bond acceptors (Lipinski definition) is 2. The van der Waals surface area contributed by atoms with E-state index < -0.39 is 30.6 Å². The third kappa shape index (κ3) is 4.19. The van der Waals surface area contributed by atoms with Gasteiger partial charge in [0.2, 0.25) is 0 Å². The second kappa shape index (κ2) is 6.82. The molecule has 23 heavy (non-hydrogen) atoms. The number of aryl methyl sites for hydroxylation is 1. The summed E-state index contributed by atoms with van der Waals surface area (Å²) in [5.74, 6) is -5.24. The van der Waals surface area contributed by atoms with Gasteiger partial charge in [0.25, 0.3) is 5.91 Å². The second-order valence-corrected chi connectivity index (χ2v) is 5.61. The lowest BCUT2D eigenvalue weighted by atomic mass is 10.1. The number of rotatable bonds is 4. The van der Waals surface area contributed by atoms with Crippen LogP contribution in [0.1, 0.15) is 15.9 Å². The van der Waals surface area contributed by atoms with Crippen LogP contribution in [0.15, 0.2) is 18.2 Å². The topological polar surface area (TPSA) is 23.6 Å². The molecule has 3 nitrogen and oxygen atoms in total. The Morgan fingerprint density at radius 1 is 1.22 bits per heavy atom. The van der Waals surface area contributed by atoms with Crippen molar-refractivity contribution in [1.82, 2.24) is 9.80 Å². The Labute approximate surface area is 130 Å². The normalized spacial score (nSPS) is 16.9. The van der Waals surface area contributed by atoms with Gasteiger partial charge in [-0.1, -0.05) is 11.6 Å². The number of nitrogens with zero attached hydrogens (tertiary/aromatic N) is 2. The maximum Gasteiger partial charge on any atom is 0.319 e. The van der Waals surface area contributed by atoms with E-state index in [9.17, 15) is 26.7 Å². The summed E-state index contributed by atoms with van der Waals surface area (Å²) in [6, 6.07) is 4.16. The van der Waals surface area contributed by atoms with Gasteiger partial charge in [-0.25, -0.2) is 13.2 Å². The Hall–Kier alpha value is -1.70. The molecule has 1 saturated heterocycles. The SMILES string of the molecule is Cc1ccc(F)c(C(=O)N2CCN(CC(F)(F)C(F)F)CC2)c1. The van der Waals surface area contributed by atoms with Crippen molar-refractivity contribution in [3.63, 3.8) is 0 Å². The number of piperazine rings is 1. The van der Waals surface area contributed by atoms with Crippen molar-refractivity contribution in [2.75, 3.05) is 32.7 Å². The van der Waals surface area contributed by atoms with Gasteiger partial charge in [-0.15, -0.1) is 0 Å². The third-order valence-electron chi connectivity index (χ3n) is 3.77. The average Bonchev–Trinajstić information content (AvgIpc) is 2.49. The van der Waals surface area contributed by atoms with E-state index in [0.29, 0.717) is 0 Å². The van der Waals surface area contributed by atoms with Crippen LogP contribution in [0, 0.1) is 12.7 Å². The van der Waals surface area contributed by atoms with Crippen LogP contribution in [-0.4, -0.2) is 60.8 Å². The lowest BCUT2D eigenvalue weighted by Gasteiger charge is -2.36. The molecule has 0 radical (unpaired) electrons. The van der Waals surface area contributed by atoms with E-state index in [-0.39, 0.29) is 31.7 Å². The average molecular weight is 336 g/mol. The maximum absolute atomic E-state index is 13.7. The summed E-state index contributed by atoms with van der Waals surface area (Å²) in [5.41, 5.74) is 0.654. The van der Waals surface area contributed by atoms with E-state index in [0.717, 1.165) is 5.56 Å². The first kappa shape index (κ1) is 17.7. The summed E-state index contributed by atoms with van der Waals surface area (Å²) in [6.45, 7) is 0.937. The number of amides is 1. The van der Waals surface area contributed by atoms with Crippen molar-refractivity contribution in [2.45, 2.75) is 19.3 Å². The zero-order valence-electron chi connectivity index (χ0n) is 12.5. The summed E-state index contributed by atoms with van der Waals surface area (Å²) >= 11 is 0. The van der Waals surface area contributed by atoms with Crippen LogP contribution in [0.5, 0.6) is 0 Å². The summed E-state index contributed by atoms with van der Waals surface area (Å²) in [6.07, 6.45) is -3.72. The van der Waals surface area contributed by atoms with E-state index in [2.05, 4.69) is 0 Å². The predicted octanol–water partition coefficient (Wildman–Crippen LogP) is 2.79. The summed E-state index contributed by atoms with van der Waals surface area (Å²) in [4.78, 5) is 14.8. The lowest BCUT2D eigenvalue weighted by molar-refractivity contribution is -0.144. The Balaban J connectivity index is 1.96. The lowest BCUT2D eigenvalue weighted by Crippen LogP contribution is -2.52. The predicted molar refractivity (Wildman–Crippen MR) is 74.4 cm³/mol. The smallest absolute Gasteiger partial charge is 0.319 e. The number of hydrogen-bond donors (Lipinski definition) is 0. The minimum atomic E-state index is -4.07. The molecule has 1 aliphatic rings. The first-order valence-electron chi connectivity index (χ1n) is 7.14. The molecule has 0 aliphatic carbocycles.